The molecule has 0 aromatic heterocycles. The number of halogens is 2. The van der Waals surface area contributed by atoms with E-state index in [1.807, 2.05) is 0 Å². The van der Waals surface area contributed by atoms with Crippen molar-refractivity contribution in [1.29, 1.82) is 0 Å². The van der Waals surface area contributed by atoms with Crippen molar-refractivity contribution in [3.8, 4) is 0 Å². The van der Waals surface area contributed by atoms with E-state index in [1.165, 1.54) is 19.1 Å². The molecule has 0 aliphatic heterocycles. The highest BCUT2D eigenvalue weighted by molar-refractivity contribution is 14.1. The molecule has 0 heterocycles. The second kappa shape index (κ2) is 7.40. The molecule has 0 saturated heterocycles. The van der Waals surface area contributed by atoms with Crippen molar-refractivity contribution in [2.75, 3.05) is 5.32 Å². The molecule has 25 heavy (non-hydrogen) atoms. The van der Waals surface area contributed by atoms with Crippen LogP contribution in [0.15, 0.2) is 42.5 Å². The first-order chi connectivity index (χ1) is 11.6. The highest BCUT2D eigenvalue weighted by Crippen LogP contribution is 2.45. The lowest BCUT2D eigenvalue weighted by Crippen LogP contribution is -2.56. The summed E-state index contributed by atoms with van der Waals surface area (Å²) in [6.07, 6.45) is 4.66. The highest BCUT2D eigenvalue weighted by Gasteiger charge is 2.50. The predicted molar refractivity (Wildman–Crippen MR) is 111 cm³/mol. The quantitative estimate of drug-likeness (QED) is 0.296. The average Bonchev–Trinajstić information content (AvgIpc) is 2.49. The number of thiocarbonyl (C=S) groups is 1. The van der Waals surface area contributed by atoms with Crippen LogP contribution in [-0.2, 0) is 4.79 Å². The van der Waals surface area contributed by atoms with Gasteiger partial charge in [-0.15, -0.1) is 11.6 Å². The summed E-state index contributed by atoms with van der Waals surface area (Å²) in [5.41, 5.74) is 6.99. The SMILES string of the molecule is CC(=O)Nc1ccccc1C1=CC(Cl)(C(=S)NC(N)=O)C(O)(I)C=C1. The number of alkyl halides is 2. The molecule has 0 radical (unpaired) electrons. The summed E-state index contributed by atoms with van der Waals surface area (Å²) in [7, 11) is 0. The number of urea groups is 1. The van der Waals surface area contributed by atoms with E-state index in [0.717, 1.165) is 0 Å². The molecular formula is C16H15ClIN3O3S. The summed E-state index contributed by atoms with van der Waals surface area (Å²) in [6.45, 7) is 1.41. The molecule has 0 saturated carbocycles. The number of amides is 3. The van der Waals surface area contributed by atoms with Crippen molar-refractivity contribution < 1.29 is 14.7 Å². The van der Waals surface area contributed by atoms with E-state index in [9.17, 15) is 14.7 Å². The average molecular weight is 492 g/mol. The number of allylic oxidation sites excluding steroid dienone is 2. The maximum Gasteiger partial charge on any atom is 0.317 e. The summed E-state index contributed by atoms with van der Waals surface area (Å²) >= 11 is 13.5. The van der Waals surface area contributed by atoms with Gasteiger partial charge in [-0.05, 0) is 46.4 Å². The number of para-hydroxylation sites is 1. The molecule has 9 heteroatoms. The summed E-state index contributed by atoms with van der Waals surface area (Å²) in [4.78, 5) is 20.8. The van der Waals surface area contributed by atoms with E-state index < -0.39 is 14.5 Å². The zero-order valence-corrected chi connectivity index (χ0v) is 16.8. The Morgan fingerprint density at radius 3 is 2.60 bits per heavy atom. The van der Waals surface area contributed by atoms with Gasteiger partial charge < -0.3 is 21.5 Å². The lowest BCUT2D eigenvalue weighted by molar-refractivity contribution is -0.114. The number of aliphatic hydroxyl groups is 1. The number of primary amides is 1. The smallest absolute Gasteiger partial charge is 0.317 e. The van der Waals surface area contributed by atoms with Crippen molar-refractivity contribution in [1.82, 2.24) is 5.32 Å². The molecule has 3 amide bonds. The molecule has 6 nitrogen and oxygen atoms in total. The monoisotopic (exact) mass is 491 g/mol. The van der Waals surface area contributed by atoms with Gasteiger partial charge >= 0.3 is 6.03 Å². The number of carbonyl (C=O) groups excluding carboxylic acids is 2. The number of anilines is 1. The highest BCUT2D eigenvalue weighted by atomic mass is 127. The Kier molecular flexibility index (Phi) is 5.87. The van der Waals surface area contributed by atoms with Crippen molar-refractivity contribution in [3.05, 3.63) is 48.1 Å². The van der Waals surface area contributed by atoms with Gasteiger partial charge in [0.15, 0.2) is 8.48 Å². The molecule has 1 aliphatic rings. The van der Waals surface area contributed by atoms with Crippen molar-refractivity contribution >= 4 is 74.6 Å². The van der Waals surface area contributed by atoms with Crippen LogP contribution in [0, 0.1) is 0 Å². The minimum Gasteiger partial charge on any atom is -0.373 e. The first kappa shape index (κ1) is 19.8. The molecule has 0 fully saturated rings. The Bertz CT molecular complexity index is 810. The van der Waals surface area contributed by atoms with Crippen LogP contribution >= 0.6 is 46.4 Å². The number of hydrogen-bond acceptors (Lipinski definition) is 4. The van der Waals surface area contributed by atoms with Crippen LogP contribution < -0.4 is 16.4 Å². The van der Waals surface area contributed by atoms with Crippen LogP contribution in [0.2, 0.25) is 0 Å². The van der Waals surface area contributed by atoms with Crippen LogP contribution in [-0.4, -0.2) is 30.5 Å². The van der Waals surface area contributed by atoms with Crippen molar-refractivity contribution in [3.63, 3.8) is 0 Å². The van der Waals surface area contributed by atoms with E-state index in [0.29, 0.717) is 16.8 Å². The molecule has 2 rings (SSSR count). The maximum absolute atomic E-state index is 11.4. The molecule has 1 aromatic rings. The topological polar surface area (TPSA) is 104 Å². The third kappa shape index (κ3) is 4.20. The molecule has 0 spiro atoms. The predicted octanol–water partition coefficient (Wildman–Crippen LogP) is 2.70. The minimum atomic E-state index is -1.61. The largest absolute Gasteiger partial charge is 0.373 e. The zero-order valence-electron chi connectivity index (χ0n) is 13.0. The number of nitrogens with one attached hydrogen (secondary N) is 2. The maximum atomic E-state index is 11.4. The standard InChI is InChI=1S/C16H15ClIN3O3S/c1-9(22)20-12-5-3-2-4-11(12)10-6-7-16(18,24)15(17,8-10)13(25)21-14(19)23/h2-8,24H,1H3,(H,20,22)(H3,19,21,23,25). The fourth-order valence-corrected chi connectivity index (χ4v) is 3.64. The van der Waals surface area contributed by atoms with E-state index in [4.69, 9.17) is 29.6 Å². The van der Waals surface area contributed by atoms with E-state index in [2.05, 4.69) is 10.6 Å². The third-order valence-electron chi connectivity index (χ3n) is 3.46. The van der Waals surface area contributed by atoms with Crippen molar-refractivity contribution in [2.24, 2.45) is 5.73 Å². The van der Waals surface area contributed by atoms with E-state index in [1.54, 1.807) is 52.9 Å². The Balaban J connectivity index is 2.53. The van der Waals surface area contributed by atoms with Crippen LogP contribution in [0.3, 0.4) is 0 Å². The molecule has 132 valence electrons. The number of rotatable bonds is 3. The minimum absolute atomic E-state index is 0.127. The zero-order chi connectivity index (χ0) is 18.8. The van der Waals surface area contributed by atoms with Gasteiger partial charge in [-0.3, -0.25) is 4.79 Å². The molecule has 1 aliphatic carbocycles. The van der Waals surface area contributed by atoms with Crippen LogP contribution in [0.4, 0.5) is 10.5 Å². The summed E-state index contributed by atoms with van der Waals surface area (Å²) in [5.74, 6) is -0.221. The summed E-state index contributed by atoms with van der Waals surface area (Å²) in [5, 5.41) is 15.6. The van der Waals surface area contributed by atoms with Gasteiger partial charge in [0.05, 0.1) is 0 Å². The normalized spacial score (nSPS) is 25.0. The number of nitrogens with two attached hydrogens (primary N) is 1. The third-order valence-corrected chi connectivity index (χ3v) is 6.12. The second-order valence-electron chi connectivity index (χ2n) is 5.36. The van der Waals surface area contributed by atoms with Crippen LogP contribution in [0.1, 0.15) is 12.5 Å². The lowest BCUT2D eigenvalue weighted by atomic mass is 9.88. The molecule has 2 unspecified atom stereocenters. The number of benzene rings is 1. The molecule has 0 bridgehead atoms. The first-order valence-electron chi connectivity index (χ1n) is 7.07. The number of carbonyl (C=O) groups is 2. The Morgan fingerprint density at radius 1 is 1.36 bits per heavy atom. The van der Waals surface area contributed by atoms with Gasteiger partial charge in [-0.2, -0.15) is 0 Å². The Labute approximate surface area is 168 Å². The molecule has 5 N–H and O–H groups in total. The fourth-order valence-electron chi connectivity index (χ4n) is 2.31. The van der Waals surface area contributed by atoms with Gasteiger partial charge in [0.1, 0.15) is 4.99 Å². The van der Waals surface area contributed by atoms with Gasteiger partial charge in [0.25, 0.3) is 0 Å². The van der Waals surface area contributed by atoms with Crippen LogP contribution in [0.25, 0.3) is 5.57 Å². The molecular weight excluding hydrogens is 477 g/mol. The molecule has 1 aromatic carbocycles. The van der Waals surface area contributed by atoms with Gasteiger partial charge in [-0.25, -0.2) is 4.79 Å². The van der Waals surface area contributed by atoms with Gasteiger partial charge in [0.2, 0.25) is 5.91 Å². The van der Waals surface area contributed by atoms with E-state index in [-0.39, 0.29) is 10.9 Å². The van der Waals surface area contributed by atoms with E-state index >= 15 is 0 Å². The summed E-state index contributed by atoms with van der Waals surface area (Å²) in [6, 6.07) is 6.24. The Hall–Kier alpha value is -1.49. The first-order valence-corrected chi connectivity index (χ1v) is 8.93. The lowest BCUT2D eigenvalue weighted by Gasteiger charge is -2.38. The number of hydrogen-bond donors (Lipinski definition) is 4. The Morgan fingerprint density at radius 2 is 2.00 bits per heavy atom. The second-order valence-corrected chi connectivity index (χ2v) is 8.01. The van der Waals surface area contributed by atoms with Gasteiger partial charge in [0, 0.05) is 18.2 Å². The fraction of sp³-hybridized carbons (Fsp3) is 0.188. The van der Waals surface area contributed by atoms with Crippen LogP contribution in [0.5, 0.6) is 0 Å². The van der Waals surface area contributed by atoms with Gasteiger partial charge in [-0.1, -0.05) is 36.5 Å². The van der Waals surface area contributed by atoms with Crippen molar-refractivity contribution in [2.45, 2.75) is 15.4 Å². The summed E-state index contributed by atoms with van der Waals surface area (Å²) < 4.78 is -1.59. The molecule has 2 atom stereocenters.